The lowest BCUT2D eigenvalue weighted by atomic mass is 10.3. The Bertz CT molecular complexity index is 874. The van der Waals surface area contributed by atoms with Crippen molar-refractivity contribution in [1.29, 1.82) is 0 Å². The molecule has 0 atom stereocenters. The molecule has 25 heavy (non-hydrogen) atoms. The van der Waals surface area contributed by atoms with Crippen LogP contribution in [-0.4, -0.2) is 47.9 Å². The zero-order valence-corrected chi connectivity index (χ0v) is 14.9. The lowest BCUT2D eigenvalue weighted by molar-refractivity contribution is -0.116. The number of aryl methyl sites for hydroxylation is 1. The Morgan fingerprint density at radius 3 is 2.32 bits per heavy atom. The molecule has 134 valence electrons. The van der Waals surface area contributed by atoms with Gasteiger partial charge >= 0.3 is 0 Å². The fourth-order valence-corrected chi connectivity index (χ4v) is 3.17. The number of sulfonamides is 1. The van der Waals surface area contributed by atoms with Gasteiger partial charge in [0, 0.05) is 39.0 Å². The molecule has 1 aromatic heterocycles. The van der Waals surface area contributed by atoms with Gasteiger partial charge in [-0.25, -0.2) is 8.42 Å². The molecule has 0 spiro atoms. The van der Waals surface area contributed by atoms with E-state index in [0.29, 0.717) is 11.5 Å². The number of benzene rings is 1. The van der Waals surface area contributed by atoms with E-state index in [-0.39, 0.29) is 17.3 Å². The van der Waals surface area contributed by atoms with Gasteiger partial charge in [0.2, 0.25) is 21.8 Å². The highest BCUT2D eigenvalue weighted by molar-refractivity contribution is 7.89. The Morgan fingerprint density at radius 2 is 1.80 bits per heavy atom. The highest BCUT2D eigenvalue weighted by Gasteiger charge is 2.23. The lowest BCUT2D eigenvalue weighted by Gasteiger charge is -2.16. The van der Waals surface area contributed by atoms with Crippen molar-refractivity contribution in [2.75, 3.05) is 24.2 Å². The molecule has 2 rings (SSSR count). The van der Waals surface area contributed by atoms with Crippen LogP contribution in [0.25, 0.3) is 0 Å². The Morgan fingerprint density at radius 1 is 1.16 bits per heavy atom. The van der Waals surface area contributed by atoms with E-state index in [9.17, 15) is 18.0 Å². The molecule has 0 aliphatic heterocycles. The summed E-state index contributed by atoms with van der Waals surface area (Å²) >= 11 is 0. The molecule has 0 radical (unpaired) electrons. The molecule has 2 amide bonds. The van der Waals surface area contributed by atoms with Gasteiger partial charge in [0.05, 0.1) is 11.4 Å². The molecule has 0 bridgehead atoms. The number of aromatic nitrogens is 2. The normalized spacial score (nSPS) is 11.4. The first kappa shape index (κ1) is 18.6. The van der Waals surface area contributed by atoms with Crippen molar-refractivity contribution in [2.24, 2.45) is 7.05 Å². The minimum absolute atomic E-state index is 0.0229. The van der Waals surface area contributed by atoms with Gasteiger partial charge in [-0.2, -0.15) is 9.40 Å². The summed E-state index contributed by atoms with van der Waals surface area (Å²) < 4.78 is 27.5. The average Bonchev–Trinajstić information content (AvgIpc) is 2.92. The summed E-state index contributed by atoms with van der Waals surface area (Å²) in [4.78, 5) is 23.0. The van der Waals surface area contributed by atoms with Crippen LogP contribution < -0.4 is 10.6 Å². The smallest absolute Gasteiger partial charge is 0.243 e. The van der Waals surface area contributed by atoms with Gasteiger partial charge in [-0.15, -0.1) is 0 Å². The van der Waals surface area contributed by atoms with Crippen LogP contribution in [0.2, 0.25) is 0 Å². The number of amides is 2. The predicted octanol–water partition coefficient (Wildman–Crippen LogP) is 0.638. The van der Waals surface area contributed by atoms with E-state index in [0.717, 1.165) is 4.31 Å². The summed E-state index contributed by atoms with van der Waals surface area (Å²) in [6.07, 6.45) is 1.66. The lowest BCUT2D eigenvalue weighted by Crippen LogP contribution is -2.35. The van der Waals surface area contributed by atoms with E-state index in [2.05, 4.69) is 15.7 Å². The Kier molecular flexibility index (Phi) is 5.55. The van der Waals surface area contributed by atoms with Crippen molar-refractivity contribution >= 4 is 33.3 Å². The third-order valence-electron chi connectivity index (χ3n) is 3.23. The van der Waals surface area contributed by atoms with Crippen molar-refractivity contribution in [3.05, 3.63) is 36.5 Å². The maximum atomic E-state index is 12.5. The van der Waals surface area contributed by atoms with Crippen LogP contribution in [0.3, 0.4) is 0 Å². The summed E-state index contributed by atoms with van der Waals surface area (Å²) in [5, 5.41) is 9.07. The number of hydrogen-bond donors (Lipinski definition) is 2. The molecule has 0 aliphatic carbocycles. The van der Waals surface area contributed by atoms with E-state index in [1.165, 1.54) is 42.9 Å². The quantitative estimate of drug-likeness (QED) is 0.780. The molecule has 9 nitrogen and oxygen atoms in total. The first-order chi connectivity index (χ1) is 11.7. The number of rotatable bonds is 6. The Hall–Kier alpha value is -2.72. The molecule has 1 aromatic carbocycles. The number of likely N-dealkylation sites (N-methyl/N-ethyl adjacent to an activating group) is 1. The van der Waals surface area contributed by atoms with Crippen LogP contribution in [0, 0.1) is 0 Å². The number of carbonyl (C=O) groups excluding carboxylic acids is 2. The number of carbonyl (C=O) groups is 2. The van der Waals surface area contributed by atoms with Crippen LogP contribution >= 0.6 is 0 Å². The van der Waals surface area contributed by atoms with E-state index in [4.69, 9.17) is 0 Å². The Labute approximate surface area is 145 Å². The number of hydrogen-bond acceptors (Lipinski definition) is 5. The SMILES string of the molecule is CC(=O)Nc1ccc(S(=O)(=O)N(C)CC(=O)Nc2ccn(C)n2)cc1. The second-order valence-corrected chi connectivity index (χ2v) is 7.43. The first-order valence-electron chi connectivity index (χ1n) is 7.32. The van der Waals surface area contributed by atoms with E-state index < -0.39 is 15.9 Å². The monoisotopic (exact) mass is 365 g/mol. The maximum Gasteiger partial charge on any atom is 0.243 e. The van der Waals surface area contributed by atoms with E-state index in [1.807, 2.05) is 0 Å². The predicted molar refractivity (Wildman–Crippen MR) is 92.4 cm³/mol. The molecule has 0 saturated carbocycles. The van der Waals surface area contributed by atoms with Crippen LogP contribution in [0.1, 0.15) is 6.92 Å². The summed E-state index contributed by atoms with van der Waals surface area (Å²) in [6.45, 7) is 1.00. The van der Waals surface area contributed by atoms with Crippen molar-refractivity contribution < 1.29 is 18.0 Å². The van der Waals surface area contributed by atoms with Crippen molar-refractivity contribution in [3.63, 3.8) is 0 Å². The van der Waals surface area contributed by atoms with Crippen LogP contribution in [0.5, 0.6) is 0 Å². The van der Waals surface area contributed by atoms with Gasteiger partial charge in [-0.1, -0.05) is 0 Å². The average molecular weight is 365 g/mol. The first-order valence-corrected chi connectivity index (χ1v) is 8.76. The molecule has 0 unspecified atom stereocenters. The standard InChI is InChI=1S/C15H19N5O4S/c1-11(21)16-12-4-6-13(7-5-12)25(23,24)20(3)10-15(22)17-14-8-9-19(2)18-14/h4-9H,10H2,1-3H3,(H,16,21)(H,17,18,22). The van der Waals surface area contributed by atoms with Crippen molar-refractivity contribution in [1.82, 2.24) is 14.1 Å². The van der Waals surface area contributed by atoms with Crippen LogP contribution in [-0.2, 0) is 26.7 Å². The van der Waals surface area contributed by atoms with Crippen molar-refractivity contribution in [2.45, 2.75) is 11.8 Å². The van der Waals surface area contributed by atoms with Gasteiger partial charge in [0.15, 0.2) is 5.82 Å². The van der Waals surface area contributed by atoms with Gasteiger partial charge in [0.1, 0.15) is 0 Å². The number of nitrogens with zero attached hydrogens (tertiary/aromatic N) is 3. The molecule has 10 heteroatoms. The van der Waals surface area contributed by atoms with Gasteiger partial charge in [-0.3, -0.25) is 14.3 Å². The van der Waals surface area contributed by atoms with Crippen LogP contribution in [0.15, 0.2) is 41.4 Å². The third kappa shape index (κ3) is 4.88. The second kappa shape index (κ2) is 7.45. The molecular weight excluding hydrogens is 346 g/mol. The number of nitrogens with one attached hydrogen (secondary N) is 2. The zero-order valence-electron chi connectivity index (χ0n) is 14.1. The van der Waals surface area contributed by atoms with Gasteiger partial charge in [-0.05, 0) is 24.3 Å². The largest absolute Gasteiger partial charge is 0.326 e. The Balaban J connectivity index is 2.04. The number of anilines is 2. The minimum atomic E-state index is -3.83. The van der Waals surface area contributed by atoms with Crippen LogP contribution in [0.4, 0.5) is 11.5 Å². The highest BCUT2D eigenvalue weighted by atomic mass is 32.2. The highest BCUT2D eigenvalue weighted by Crippen LogP contribution is 2.17. The van der Waals surface area contributed by atoms with Gasteiger partial charge in [0.25, 0.3) is 0 Å². The molecule has 0 aliphatic rings. The zero-order chi connectivity index (χ0) is 18.6. The molecule has 0 fully saturated rings. The fourth-order valence-electron chi connectivity index (χ4n) is 2.04. The summed E-state index contributed by atoms with van der Waals surface area (Å²) in [5.41, 5.74) is 0.488. The third-order valence-corrected chi connectivity index (χ3v) is 5.05. The molecular formula is C15H19N5O4S. The van der Waals surface area contributed by atoms with E-state index in [1.54, 1.807) is 19.3 Å². The second-order valence-electron chi connectivity index (χ2n) is 5.39. The van der Waals surface area contributed by atoms with E-state index >= 15 is 0 Å². The molecule has 2 aromatic rings. The maximum absolute atomic E-state index is 12.5. The summed E-state index contributed by atoms with van der Waals surface area (Å²) in [6, 6.07) is 7.31. The summed E-state index contributed by atoms with van der Waals surface area (Å²) in [7, 11) is -0.812. The molecule has 2 N–H and O–H groups in total. The minimum Gasteiger partial charge on any atom is -0.326 e. The topological polar surface area (TPSA) is 113 Å². The molecule has 1 heterocycles. The van der Waals surface area contributed by atoms with Gasteiger partial charge < -0.3 is 10.6 Å². The fraction of sp³-hybridized carbons (Fsp3) is 0.267. The molecule has 0 saturated heterocycles. The van der Waals surface area contributed by atoms with Crippen molar-refractivity contribution in [3.8, 4) is 0 Å². The summed E-state index contributed by atoms with van der Waals surface area (Å²) in [5.74, 6) is -0.406.